The van der Waals surface area contributed by atoms with E-state index in [0.29, 0.717) is 12.1 Å². The van der Waals surface area contributed by atoms with Crippen LogP contribution in [0.3, 0.4) is 0 Å². The Morgan fingerprint density at radius 1 is 1.53 bits per heavy atom. The van der Waals surface area contributed by atoms with Crippen LogP contribution in [0.2, 0.25) is 0 Å². The molecule has 2 unspecified atom stereocenters. The lowest BCUT2D eigenvalue weighted by Crippen LogP contribution is -2.27. The molecule has 1 aliphatic rings. The first-order valence-corrected chi connectivity index (χ1v) is 7.62. The highest BCUT2D eigenvalue weighted by atomic mass is 32.1. The van der Waals surface area contributed by atoms with Gasteiger partial charge in [-0.2, -0.15) is 11.3 Å². The highest BCUT2D eigenvalue weighted by Gasteiger charge is 2.17. The first-order chi connectivity index (χ1) is 8.38. The van der Waals surface area contributed by atoms with Crippen LogP contribution in [0.25, 0.3) is 0 Å². The Morgan fingerprint density at radius 2 is 2.47 bits per heavy atom. The summed E-state index contributed by atoms with van der Waals surface area (Å²) in [6.07, 6.45) is 7.94. The fourth-order valence-electron chi connectivity index (χ4n) is 2.47. The van der Waals surface area contributed by atoms with Gasteiger partial charge < -0.3 is 10.1 Å². The molecule has 1 N–H and O–H groups in total. The van der Waals surface area contributed by atoms with Crippen molar-refractivity contribution in [2.75, 3.05) is 13.7 Å². The molecule has 2 nitrogen and oxygen atoms in total. The van der Waals surface area contributed by atoms with E-state index in [0.717, 1.165) is 6.61 Å². The second kappa shape index (κ2) is 7.14. The average molecular weight is 253 g/mol. The molecule has 96 valence electrons. The molecular weight excluding hydrogens is 230 g/mol. The number of nitrogens with one attached hydrogen (secondary N) is 1. The van der Waals surface area contributed by atoms with E-state index in [1.807, 2.05) is 0 Å². The first kappa shape index (κ1) is 13.1. The van der Waals surface area contributed by atoms with Gasteiger partial charge in [-0.15, -0.1) is 0 Å². The zero-order valence-corrected chi connectivity index (χ0v) is 11.5. The maximum absolute atomic E-state index is 5.67. The minimum Gasteiger partial charge on any atom is -0.378 e. The molecule has 1 saturated heterocycles. The van der Waals surface area contributed by atoms with Crippen molar-refractivity contribution in [1.82, 2.24) is 5.32 Å². The smallest absolute Gasteiger partial charge is 0.0576 e. The van der Waals surface area contributed by atoms with Gasteiger partial charge in [-0.1, -0.05) is 0 Å². The molecule has 1 aromatic rings. The second-order valence-electron chi connectivity index (χ2n) is 4.87. The van der Waals surface area contributed by atoms with E-state index in [4.69, 9.17) is 4.74 Å². The third-order valence-corrected chi connectivity index (χ3v) is 4.36. The number of thiophene rings is 1. The largest absolute Gasteiger partial charge is 0.378 e. The van der Waals surface area contributed by atoms with Gasteiger partial charge in [-0.05, 0) is 68.0 Å². The van der Waals surface area contributed by atoms with Crippen molar-refractivity contribution in [3.05, 3.63) is 22.4 Å². The maximum Gasteiger partial charge on any atom is 0.0576 e. The molecule has 1 aliphatic heterocycles. The minimum absolute atomic E-state index is 0.534. The van der Waals surface area contributed by atoms with Gasteiger partial charge in [-0.3, -0.25) is 0 Å². The molecule has 2 heterocycles. The van der Waals surface area contributed by atoms with Crippen molar-refractivity contribution >= 4 is 11.3 Å². The van der Waals surface area contributed by atoms with E-state index >= 15 is 0 Å². The molecule has 1 fully saturated rings. The van der Waals surface area contributed by atoms with Crippen molar-refractivity contribution in [2.45, 2.75) is 50.7 Å². The van der Waals surface area contributed by atoms with Crippen LogP contribution in [0.5, 0.6) is 0 Å². The quantitative estimate of drug-likeness (QED) is 0.805. The molecule has 2 atom stereocenters. The Hall–Kier alpha value is -0.380. The summed E-state index contributed by atoms with van der Waals surface area (Å²) in [5.41, 5.74) is 1.48. The Morgan fingerprint density at radius 3 is 3.12 bits per heavy atom. The summed E-state index contributed by atoms with van der Waals surface area (Å²) in [5.74, 6) is 0. The Kier molecular flexibility index (Phi) is 5.49. The van der Waals surface area contributed by atoms with Gasteiger partial charge in [0.15, 0.2) is 0 Å². The van der Waals surface area contributed by atoms with Crippen LogP contribution in [-0.2, 0) is 11.2 Å². The van der Waals surface area contributed by atoms with Crippen LogP contribution in [0.1, 0.15) is 37.7 Å². The zero-order chi connectivity index (χ0) is 11.9. The zero-order valence-electron chi connectivity index (χ0n) is 10.7. The monoisotopic (exact) mass is 253 g/mol. The van der Waals surface area contributed by atoms with Gasteiger partial charge in [0, 0.05) is 12.6 Å². The highest BCUT2D eigenvalue weighted by Crippen LogP contribution is 2.19. The summed E-state index contributed by atoms with van der Waals surface area (Å²) < 4.78 is 5.67. The summed E-state index contributed by atoms with van der Waals surface area (Å²) in [6.45, 7) is 0.976. The van der Waals surface area contributed by atoms with Crippen molar-refractivity contribution in [3.63, 3.8) is 0 Å². The molecule has 0 amide bonds. The summed E-state index contributed by atoms with van der Waals surface area (Å²) in [7, 11) is 2.08. The van der Waals surface area contributed by atoms with Crippen LogP contribution >= 0.6 is 11.3 Å². The second-order valence-corrected chi connectivity index (χ2v) is 5.65. The molecule has 0 aliphatic carbocycles. The molecule has 0 saturated carbocycles. The predicted octanol–water partition coefficient (Wildman–Crippen LogP) is 3.23. The average Bonchev–Trinajstić information content (AvgIpc) is 3.02. The van der Waals surface area contributed by atoms with E-state index in [-0.39, 0.29) is 0 Å². The minimum atomic E-state index is 0.534. The SMILES string of the molecule is CNC(CCc1ccsc1)CCC1CCCO1. The fraction of sp³-hybridized carbons (Fsp3) is 0.714. The maximum atomic E-state index is 5.67. The predicted molar refractivity (Wildman–Crippen MR) is 73.7 cm³/mol. The standard InChI is InChI=1S/C14H23NOS/c1-15-13(5-4-12-8-10-17-11-12)6-7-14-3-2-9-16-14/h8,10-11,13-15H,2-7,9H2,1H3. The topological polar surface area (TPSA) is 21.3 Å². The van der Waals surface area contributed by atoms with Gasteiger partial charge in [0.1, 0.15) is 0 Å². The van der Waals surface area contributed by atoms with Crippen molar-refractivity contribution in [3.8, 4) is 0 Å². The van der Waals surface area contributed by atoms with Crippen molar-refractivity contribution in [2.24, 2.45) is 0 Å². The molecule has 0 spiro atoms. The van der Waals surface area contributed by atoms with Crippen LogP contribution in [-0.4, -0.2) is 25.8 Å². The molecule has 0 aromatic carbocycles. The lowest BCUT2D eigenvalue weighted by molar-refractivity contribution is 0.0995. The van der Waals surface area contributed by atoms with Crippen LogP contribution in [0, 0.1) is 0 Å². The van der Waals surface area contributed by atoms with Crippen LogP contribution < -0.4 is 5.32 Å². The Labute approximate surface area is 108 Å². The molecule has 0 radical (unpaired) electrons. The Bertz CT molecular complexity index is 293. The molecular formula is C14H23NOS. The molecule has 17 heavy (non-hydrogen) atoms. The summed E-state index contributed by atoms with van der Waals surface area (Å²) in [6, 6.07) is 2.87. The van der Waals surface area contributed by atoms with Crippen molar-refractivity contribution in [1.29, 1.82) is 0 Å². The lowest BCUT2D eigenvalue weighted by atomic mass is 10.0. The number of hydrogen-bond acceptors (Lipinski definition) is 3. The van der Waals surface area contributed by atoms with E-state index in [1.165, 1.54) is 44.1 Å². The van der Waals surface area contributed by atoms with Gasteiger partial charge in [0.25, 0.3) is 0 Å². The number of rotatable bonds is 7. The number of ether oxygens (including phenoxy) is 1. The van der Waals surface area contributed by atoms with Crippen LogP contribution in [0.15, 0.2) is 16.8 Å². The summed E-state index contributed by atoms with van der Waals surface area (Å²) >= 11 is 1.79. The van der Waals surface area contributed by atoms with Gasteiger partial charge >= 0.3 is 0 Å². The van der Waals surface area contributed by atoms with Crippen molar-refractivity contribution < 1.29 is 4.74 Å². The van der Waals surface area contributed by atoms with Crippen LogP contribution in [0.4, 0.5) is 0 Å². The number of aryl methyl sites for hydroxylation is 1. The van der Waals surface area contributed by atoms with E-state index in [9.17, 15) is 0 Å². The Balaban J connectivity index is 1.65. The molecule has 0 bridgehead atoms. The van der Waals surface area contributed by atoms with E-state index in [1.54, 1.807) is 11.3 Å². The number of hydrogen-bond donors (Lipinski definition) is 1. The highest BCUT2D eigenvalue weighted by molar-refractivity contribution is 7.07. The normalized spacial score (nSPS) is 21.8. The fourth-order valence-corrected chi connectivity index (χ4v) is 3.17. The summed E-state index contributed by atoms with van der Waals surface area (Å²) in [4.78, 5) is 0. The molecule has 2 rings (SSSR count). The van der Waals surface area contributed by atoms with Gasteiger partial charge in [-0.25, -0.2) is 0 Å². The summed E-state index contributed by atoms with van der Waals surface area (Å²) in [5, 5.41) is 7.86. The third kappa shape index (κ3) is 4.41. The third-order valence-electron chi connectivity index (χ3n) is 3.63. The van der Waals surface area contributed by atoms with Gasteiger partial charge in [0.2, 0.25) is 0 Å². The lowest BCUT2D eigenvalue weighted by Gasteiger charge is -2.18. The molecule has 1 aromatic heterocycles. The van der Waals surface area contributed by atoms with E-state index < -0.39 is 0 Å². The molecule has 3 heteroatoms. The van der Waals surface area contributed by atoms with E-state index in [2.05, 4.69) is 29.2 Å². The first-order valence-electron chi connectivity index (χ1n) is 6.68. The van der Waals surface area contributed by atoms with Gasteiger partial charge in [0.05, 0.1) is 6.10 Å².